The number of thiol groups is 1. The largest absolute Gasteiger partial charge is 0.133 e. The molecule has 0 fully saturated rings. The monoisotopic (exact) mass is 194 g/mol. The average Bonchev–Trinajstić information content (AvgIpc) is 2.31. The highest BCUT2D eigenvalue weighted by Gasteiger charge is 2.04. The van der Waals surface area contributed by atoms with Crippen LogP contribution in [0.1, 0.15) is 11.1 Å². The van der Waals surface area contributed by atoms with E-state index < -0.39 is 0 Å². The first-order valence-electron chi connectivity index (χ1n) is 3.87. The fourth-order valence-corrected chi connectivity index (χ4v) is 2.67. The molecule has 0 nitrogen and oxygen atoms in total. The number of fused-ring (bicyclic) bond motifs is 1. The second kappa shape index (κ2) is 2.79. The van der Waals surface area contributed by atoms with Crippen molar-refractivity contribution in [1.82, 2.24) is 0 Å². The maximum absolute atomic E-state index is 4.41. The average molecular weight is 194 g/mol. The molecule has 0 aliphatic carbocycles. The summed E-state index contributed by atoms with van der Waals surface area (Å²) in [7, 11) is 0. The molecule has 1 aromatic heterocycles. The molecule has 2 aromatic rings. The van der Waals surface area contributed by atoms with Gasteiger partial charge >= 0.3 is 0 Å². The van der Waals surface area contributed by atoms with Crippen molar-refractivity contribution in [2.75, 3.05) is 0 Å². The molecule has 0 aliphatic rings. The number of thiophene rings is 1. The van der Waals surface area contributed by atoms with Crippen molar-refractivity contribution in [1.29, 1.82) is 0 Å². The van der Waals surface area contributed by atoms with Crippen molar-refractivity contribution >= 4 is 34.1 Å². The Morgan fingerprint density at radius 3 is 2.75 bits per heavy atom. The molecule has 0 radical (unpaired) electrons. The van der Waals surface area contributed by atoms with E-state index in [-0.39, 0.29) is 0 Å². The molecule has 62 valence electrons. The lowest BCUT2D eigenvalue weighted by Gasteiger charge is -1.93. The summed E-state index contributed by atoms with van der Waals surface area (Å²) < 4.78 is 2.47. The Kier molecular flexibility index (Phi) is 1.89. The highest BCUT2D eigenvalue weighted by Crippen LogP contribution is 2.33. The van der Waals surface area contributed by atoms with Crippen LogP contribution in [-0.4, -0.2) is 0 Å². The van der Waals surface area contributed by atoms with Crippen LogP contribution in [0, 0.1) is 13.8 Å². The molecule has 0 amide bonds. The van der Waals surface area contributed by atoms with Crippen molar-refractivity contribution in [3.8, 4) is 0 Å². The van der Waals surface area contributed by atoms with Crippen molar-refractivity contribution in [2.24, 2.45) is 0 Å². The zero-order valence-corrected chi connectivity index (χ0v) is 8.80. The van der Waals surface area contributed by atoms with Crippen molar-refractivity contribution in [3.05, 3.63) is 29.3 Å². The van der Waals surface area contributed by atoms with E-state index in [2.05, 4.69) is 44.7 Å². The molecule has 0 atom stereocenters. The van der Waals surface area contributed by atoms with Gasteiger partial charge in [0, 0.05) is 4.70 Å². The third-order valence-corrected chi connectivity index (χ3v) is 3.75. The summed E-state index contributed by atoms with van der Waals surface area (Å²) in [4.78, 5) is 0. The fraction of sp³-hybridized carbons (Fsp3) is 0.200. The van der Waals surface area contributed by atoms with Crippen LogP contribution in [0.3, 0.4) is 0 Å². The van der Waals surface area contributed by atoms with Gasteiger partial charge < -0.3 is 0 Å². The molecule has 1 aromatic carbocycles. The molecule has 12 heavy (non-hydrogen) atoms. The summed E-state index contributed by atoms with van der Waals surface area (Å²) in [5.41, 5.74) is 2.62. The lowest BCUT2D eigenvalue weighted by Crippen LogP contribution is -1.71. The van der Waals surface area contributed by atoms with Gasteiger partial charge in [-0.1, -0.05) is 17.7 Å². The molecular weight excluding hydrogens is 184 g/mol. The second-order valence-corrected chi connectivity index (χ2v) is 4.83. The Balaban J connectivity index is 2.88. The highest BCUT2D eigenvalue weighted by atomic mass is 32.2. The summed E-state index contributed by atoms with van der Waals surface area (Å²) in [6, 6.07) is 6.54. The SMILES string of the molecule is Cc1ccc2sc(S)c(C)c2c1. The van der Waals surface area contributed by atoms with Gasteiger partial charge in [-0.2, -0.15) is 0 Å². The predicted octanol–water partition coefficient (Wildman–Crippen LogP) is 3.81. The molecule has 1 heterocycles. The van der Waals surface area contributed by atoms with Crippen LogP contribution in [0.25, 0.3) is 10.1 Å². The molecule has 0 unspecified atom stereocenters. The van der Waals surface area contributed by atoms with Crippen molar-refractivity contribution in [2.45, 2.75) is 18.1 Å². The molecule has 0 aliphatic heterocycles. The molecule has 0 spiro atoms. The van der Waals surface area contributed by atoms with E-state index in [9.17, 15) is 0 Å². The minimum atomic E-state index is 1.13. The van der Waals surface area contributed by atoms with Gasteiger partial charge in [0.2, 0.25) is 0 Å². The Morgan fingerprint density at radius 2 is 2.00 bits per heavy atom. The van der Waals surface area contributed by atoms with Gasteiger partial charge in [-0.3, -0.25) is 0 Å². The van der Waals surface area contributed by atoms with Gasteiger partial charge in [-0.25, -0.2) is 0 Å². The lowest BCUT2D eigenvalue weighted by atomic mass is 10.1. The van der Waals surface area contributed by atoms with Crippen LogP contribution >= 0.6 is 24.0 Å². The maximum atomic E-state index is 4.41. The summed E-state index contributed by atoms with van der Waals surface area (Å²) in [6.07, 6.45) is 0. The predicted molar refractivity (Wildman–Crippen MR) is 58.6 cm³/mol. The molecule has 2 heteroatoms. The van der Waals surface area contributed by atoms with Gasteiger partial charge in [0.1, 0.15) is 0 Å². The van der Waals surface area contributed by atoms with Crippen LogP contribution in [0.2, 0.25) is 0 Å². The van der Waals surface area contributed by atoms with Crippen molar-refractivity contribution in [3.63, 3.8) is 0 Å². The smallest absolute Gasteiger partial charge is 0.0609 e. The topological polar surface area (TPSA) is 0 Å². The lowest BCUT2D eigenvalue weighted by molar-refractivity contribution is 1.45. The van der Waals surface area contributed by atoms with Gasteiger partial charge in [0.25, 0.3) is 0 Å². The summed E-state index contributed by atoms with van der Waals surface area (Å²) in [6.45, 7) is 4.25. The first-order valence-corrected chi connectivity index (χ1v) is 5.13. The van der Waals surface area contributed by atoms with E-state index in [0.717, 1.165) is 4.21 Å². The van der Waals surface area contributed by atoms with Crippen LogP contribution in [-0.2, 0) is 0 Å². The molecular formula is C10H10S2. The minimum absolute atomic E-state index is 1.13. The molecule has 0 saturated carbocycles. The Morgan fingerprint density at radius 1 is 1.25 bits per heavy atom. The Bertz CT molecular complexity index is 427. The quantitative estimate of drug-likeness (QED) is 0.606. The molecule has 0 bridgehead atoms. The summed E-state index contributed by atoms with van der Waals surface area (Å²) >= 11 is 6.16. The van der Waals surface area contributed by atoms with Crippen LogP contribution in [0.15, 0.2) is 22.4 Å². The Labute approximate surface area is 81.6 Å². The maximum Gasteiger partial charge on any atom is 0.0609 e. The molecule has 0 N–H and O–H groups in total. The van der Waals surface area contributed by atoms with Crippen LogP contribution < -0.4 is 0 Å². The highest BCUT2D eigenvalue weighted by molar-refractivity contribution is 7.83. The van der Waals surface area contributed by atoms with Gasteiger partial charge in [-0.05, 0) is 30.9 Å². The first kappa shape index (κ1) is 8.14. The molecule has 2 rings (SSSR count). The van der Waals surface area contributed by atoms with Gasteiger partial charge in [0.05, 0.1) is 4.21 Å². The van der Waals surface area contributed by atoms with E-state index in [1.54, 1.807) is 11.3 Å². The minimum Gasteiger partial charge on any atom is -0.133 e. The van der Waals surface area contributed by atoms with E-state index in [1.807, 2.05) is 0 Å². The summed E-state index contributed by atoms with van der Waals surface area (Å²) in [5, 5.41) is 1.35. The Hall–Kier alpha value is -0.470. The van der Waals surface area contributed by atoms with Crippen LogP contribution in [0.5, 0.6) is 0 Å². The number of hydrogen-bond donors (Lipinski definition) is 1. The normalized spacial score (nSPS) is 10.9. The zero-order valence-electron chi connectivity index (χ0n) is 7.09. The number of aryl methyl sites for hydroxylation is 2. The zero-order chi connectivity index (χ0) is 8.72. The standard InChI is InChI=1S/C10H10S2/c1-6-3-4-9-8(5-6)7(2)10(11)12-9/h3-5,11H,1-2H3. The van der Waals surface area contributed by atoms with Crippen LogP contribution in [0.4, 0.5) is 0 Å². The van der Waals surface area contributed by atoms with E-state index >= 15 is 0 Å². The molecule has 0 saturated heterocycles. The van der Waals surface area contributed by atoms with Gasteiger partial charge in [-0.15, -0.1) is 24.0 Å². The number of benzene rings is 1. The summed E-state index contributed by atoms with van der Waals surface area (Å²) in [5.74, 6) is 0. The third kappa shape index (κ3) is 1.15. The van der Waals surface area contributed by atoms with Gasteiger partial charge in [0.15, 0.2) is 0 Å². The van der Waals surface area contributed by atoms with E-state index in [4.69, 9.17) is 0 Å². The second-order valence-electron chi connectivity index (χ2n) is 3.03. The third-order valence-electron chi connectivity index (χ3n) is 2.07. The van der Waals surface area contributed by atoms with E-state index in [1.165, 1.54) is 21.2 Å². The first-order chi connectivity index (χ1) is 5.68. The van der Waals surface area contributed by atoms with E-state index in [0.29, 0.717) is 0 Å². The fourth-order valence-electron chi connectivity index (χ4n) is 1.32. The number of rotatable bonds is 0. The van der Waals surface area contributed by atoms with Crippen molar-refractivity contribution < 1.29 is 0 Å². The number of hydrogen-bond acceptors (Lipinski definition) is 2.